The Kier molecular flexibility index (Phi) is 5.45. The van der Waals surface area contributed by atoms with Crippen molar-refractivity contribution in [3.05, 3.63) is 6.07 Å². The molecule has 23 heavy (non-hydrogen) atoms. The van der Waals surface area contributed by atoms with E-state index < -0.39 is 0 Å². The fourth-order valence-corrected chi connectivity index (χ4v) is 2.97. The zero-order chi connectivity index (χ0) is 16.1. The first-order chi connectivity index (χ1) is 11.3. The molecule has 2 N–H and O–H groups in total. The van der Waals surface area contributed by atoms with Crippen LogP contribution in [0.5, 0.6) is 0 Å². The number of hydrogen-bond acceptors (Lipinski definition) is 6. The second kappa shape index (κ2) is 7.74. The summed E-state index contributed by atoms with van der Waals surface area (Å²) in [5, 5.41) is 6.49. The summed E-state index contributed by atoms with van der Waals surface area (Å²) in [6.07, 6.45) is 3.73. The van der Waals surface area contributed by atoms with Crippen molar-refractivity contribution < 1.29 is 4.74 Å². The Bertz CT molecular complexity index is 507. The Morgan fingerprint density at radius 3 is 2.26 bits per heavy atom. The Morgan fingerprint density at radius 1 is 1.04 bits per heavy atom. The molecule has 2 aliphatic heterocycles. The van der Waals surface area contributed by atoms with Crippen LogP contribution in [0.4, 0.5) is 17.6 Å². The van der Waals surface area contributed by atoms with Crippen molar-refractivity contribution in [1.29, 1.82) is 0 Å². The van der Waals surface area contributed by atoms with Gasteiger partial charge in [0, 0.05) is 39.3 Å². The highest BCUT2D eigenvalue weighted by Gasteiger charge is 2.19. The number of nitrogens with zero attached hydrogens (tertiary/aromatic N) is 4. The molecule has 1 aromatic heterocycles. The molecule has 2 aliphatic rings. The number of piperidine rings is 1. The summed E-state index contributed by atoms with van der Waals surface area (Å²) in [5.74, 6) is 2.46. The zero-order valence-electron chi connectivity index (χ0n) is 13.5. The van der Waals surface area contributed by atoms with Crippen LogP contribution in [0.25, 0.3) is 0 Å². The highest BCUT2D eigenvalue weighted by molar-refractivity contribution is 7.80. The first-order valence-corrected chi connectivity index (χ1v) is 8.62. The lowest BCUT2D eigenvalue weighted by Crippen LogP contribution is -2.37. The zero-order valence-corrected chi connectivity index (χ0v) is 14.4. The molecule has 0 spiro atoms. The van der Waals surface area contributed by atoms with Gasteiger partial charge in [0.25, 0.3) is 0 Å². The van der Waals surface area contributed by atoms with E-state index in [2.05, 4.69) is 36.5 Å². The lowest BCUT2D eigenvalue weighted by atomic mass is 10.1. The third-order valence-electron chi connectivity index (χ3n) is 4.17. The Morgan fingerprint density at radius 2 is 1.65 bits per heavy atom. The fraction of sp³-hybridized carbons (Fsp3) is 0.667. The Labute approximate surface area is 142 Å². The van der Waals surface area contributed by atoms with E-state index in [9.17, 15) is 0 Å². The highest BCUT2D eigenvalue weighted by Crippen LogP contribution is 2.24. The van der Waals surface area contributed by atoms with Crippen LogP contribution in [0.2, 0.25) is 0 Å². The van der Waals surface area contributed by atoms with E-state index in [1.165, 1.54) is 19.3 Å². The minimum absolute atomic E-state index is 0.522. The first-order valence-electron chi connectivity index (χ1n) is 8.22. The average molecular weight is 336 g/mol. The molecular formula is C15H24N6OS. The number of nitrogens with one attached hydrogen (secondary N) is 2. The predicted octanol–water partition coefficient (Wildman–Crippen LogP) is 1.22. The summed E-state index contributed by atoms with van der Waals surface area (Å²) in [7, 11) is 1.78. The van der Waals surface area contributed by atoms with Gasteiger partial charge < -0.3 is 25.2 Å². The molecule has 3 rings (SSSR count). The smallest absolute Gasteiger partial charge is 0.232 e. The number of hydrogen-bond donors (Lipinski definition) is 2. The third kappa shape index (κ3) is 4.20. The van der Waals surface area contributed by atoms with Crippen LogP contribution >= 0.6 is 12.2 Å². The molecule has 1 aromatic rings. The van der Waals surface area contributed by atoms with Gasteiger partial charge >= 0.3 is 0 Å². The van der Waals surface area contributed by atoms with E-state index in [4.69, 9.17) is 17.0 Å². The van der Waals surface area contributed by atoms with Gasteiger partial charge in [-0.3, -0.25) is 0 Å². The normalized spacial score (nSPS) is 18.7. The van der Waals surface area contributed by atoms with Gasteiger partial charge in [0.15, 0.2) is 5.11 Å². The van der Waals surface area contributed by atoms with Crippen molar-refractivity contribution in [2.24, 2.45) is 0 Å². The van der Waals surface area contributed by atoms with Gasteiger partial charge in [-0.05, 0) is 31.5 Å². The van der Waals surface area contributed by atoms with Gasteiger partial charge in [-0.15, -0.1) is 0 Å². The molecule has 126 valence electrons. The van der Waals surface area contributed by atoms with Crippen molar-refractivity contribution in [2.45, 2.75) is 19.3 Å². The SMILES string of the molecule is CNC(=S)Nc1nc(N2CCCCC2)cc(N2CCOCC2)n1. The maximum Gasteiger partial charge on any atom is 0.232 e. The highest BCUT2D eigenvalue weighted by atomic mass is 32.1. The third-order valence-corrected chi connectivity index (χ3v) is 4.47. The monoisotopic (exact) mass is 336 g/mol. The maximum absolute atomic E-state index is 5.44. The molecule has 0 saturated carbocycles. The van der Waals surface area contributed by atoms with Crippen LogP contribution in [0.1, 0.15) is 19.3 Å². The largest absolute Gasteiger partial charge is 0.378 e. The predicted molar refractivity (Wildman–Crippen MR) is 96.4 cm³/mol. The Hall–Kier alpha value is -1.67. The van der Waals surface area contributed by atoms with Crippen LogP contribution in [0.15, 0.2) is 6.07 Å². The van der Waals surface area contributed by atoms with E-state index in [1.54, 1.807) is 7.05 Å². The molecular weight excluding hydrogens is 312 g/mol. The molecule has 7 nitrogen and oxygen atoms in total. The molecule has 0 atom stereocenters. The van der Waals surface area contributed by atoms with Gasteiger partial charge in [0.1, 0.15) is 11.6 Å². The van der Waals surface area contributed by atoms with Crippen molar-refractivity contribution in [3.63, 3.8) is 0 Å². The number of ether oxygens (including phenoxy) is 1. The van der Waals surface area contributed by atoms with E-state index in [-0.39, 0.29) is 0 Å². The first kappa shape index (κ1) is 16.2. The average Bonchev–Trinajstić information content (AvgIpc) is 2.63. The van der Waals surface area contributed by atoms with E-state index in [1.807, 2.05) is 0 Å². The van der Waals surface area contributed by atoms with E-state index in [0.29, 0.717) is 11.1 Å². The summed E-state index contributed by atoms with van der Waals surface area (Å²) in [5.41, 5.74) is 0. The summed E-state index contributed by atoms with van der Waals surface area (Å²) in [6, 6.07) is 2.09. The Balaban J connectivity index is 1.87. The minimum Gasteiger partial charge on any atom is -0.378 e. The number of thiocarbonyl (C=S) groups is 1. The van der Waals surface area contributed by atoms with Crippen molar-refractivity contribution in [1.82, 2.24) is 15.3 Å². The molecule has 0 aliphatic carbocycles. The molecule has 8 heteroatoms. The van der Waals surface area contributed by atoms with Gasteiger partial charge in [0.05, 0.1) is 13.2 Å². The molecule has 0 amide bonds. The van der Waals surface area contributed by atoms with Crippen LogP contribution in [0, 0.1) is 0 Å². The molecule has 0 unspecified atom stereocenters. The van der Waals surface area contributed by atoms with Gasteiger partial charge in [-0.25, -0.2) is 0 Å². The van der Waals surface area contributed by atoms with Gasteiger partial charge in [-0.1, -0.05) is 0 Å². The van der Waals surface area contributed by atoms with Crippen LogP contribution in [-0.2, 0) is 4.74 Å². The maximum atomic E-state index is 5.44. The van der Waals surface area contributed by atoms with Crippen LogP contribution < -0.4 is 20.4 Å². The molecule has 2 saturated heterocycles. The van der Waals surface area contributed by atoms with Crippen molar-refractivity contribution in [2.75, 3.05) is 61.6 Å². The van der Waals surface area contributed by atoms with E-state index >= 15 is 0 Å². The number of rotatable bonds is 3. The fourth-order valence-electron chi connectivity index (χ4n) is 2.88. The molecule has 0 aromatic carbocycles. The molecule has 3 heterocycles. The summed E-state index contributed by atoms with van der Waals surface area (Å²) >= 11 is 5.19. The van der Waals surface area contributed by atoms with Crippen molar-refractivity contribution in [3.8, 4) is 0 Å². The second-order valence-corrected chi connectivity index (χ2v) is 6.17. The molecule has 0 bridgehead atoms. The summed E-state index contributed by atoms with van der Waals surface area (Å²) in [4.78, 5) is 13.9. The van der Waals surface area contributed by atoms with Crippen molar-refractivity contribution >= 4 is 34.9 Å². The lowest BCUT2D eigenvalue weighted by molar-refractivity contribution is 0.122. The van der Waals surface area contributed by atoms with E-state index in [0.717, 1.165) is 51.0 Å². The molecule has 0 radical (unpaired) electrons. The summed E-state index contributed by atoms with van der Waals surface area (Å²) < 4.78 is 5.44. The number of anilines is 3. The number of aromatic nitrogens is 2. The standard InChI is InChI=1S/C15H24N6OS/c1-16-15(23)19-14-17-12(20-5-3-2-4-6-20)11-13(18-14)21-7-9-22-10-8-21/h11H,2-10H2,1H3,(H2,16,17,18,19,23). The van der Waals surface area contributed by atoms with Crippen LogP contribution in [0.3, 0.4) is 0 Å². The number of morpholine rings is 1. The topological polar surface area (TPSA) is 65.6 Å². The minimum atomic E-state index is 0.522. The van der Waals surface area contributed by atoms with Crippen LogP contribution in [-0.4, -0.2) is 61.5 Å². The summed E-state index contributed by atoms with van der Waals surface area (Å²) in [6.45, 7) is 5.28. The van der Waals surface area contributed by atoms with Gasteiger partial charge in [0.2, 0.25) is 5.95 Å². The quantitative estimate of drug-likeness (QED) is 0.799. The molecule has 2 fully saturated rings. The second-order valence-electron chi connectivity index (χ2n) is 5.76. The van der Waals surface area contributed by atoms with Gasteiger partial charge in [-0.2, -0.15) is 9.97 Å². The lowest BCUT2D eigenvalue weighted by Gasteiger charge is -2.31.